The SMILES string of the molecule is CC(C)[C@@H](NCc1ccc(F)cc1)C(=O)O. The van der Waals surface area contributed by atoms with Gasteiger partial charge in [-0.3, -0.25) is 4.79 Å². The number of benzene rings is 1. The van der Waals surface area contributed by atoms with Gasteiger partial charge in [-0.05, 0) is 23.6 Å². The van der Waals surface area contributed by atoms with Crippen molar-refractivity contribution in [2.45, 2.75) is 26.4 Å². The summed E-state index contributed by atoms with van der Waals surface area (Å²) >= 11 is 0. The molecule has 0 saturated carbocycles. The minimum absolute atomic E-state index is 0.0120. The zero-order valence-corrected chi connectivity index (χ0v) is 9.40. The Morgan fingerprint density at radius 1 is 1.38 bits per heavy atom. The van der Waals surface area contributed by atoms with Crippen LogP contribution in [-0.2, 0) is 11.3 Å². The Morgan fingerprint density at radius 2 is 1.94 bits per heavy atom. The van der Waals surface area contributed by atoms with E-state index in [9.17, 15) is 9.18 Å². The molecule has 0 heterocycles. The Bertz CT molecular complexity index is 349. The van der Waals surface area contributed by atoms with E-state index in [1.807, 2.05) is 13.8 Å². The van der Waals surface area contributed by atoms with Gasteiger partial charge in [0.25, 0.3) is 0 Å². The van der Waals surface area contributed by atoms with Gasteiger partial charge < -0.3 is 10.4 Å². The molecule has 0 bridgehead atoms. The van der Waals surface area contributed by atoms with E-state index in [0.29, 0.717) is 6.54 Å². The monoisotopic (exact) mass is 225 g/mol. The average Bonchev–Trinajstić information content (AvgIpc) is 2.20. The van der Waals surface area contributed by atoms with Gasteiger partial charge in [-0.25, -0.2) is 4.39 Å². The predicted molar refractivity (Wildman–Crippen MR) is 59.5 cm³/mol. The summed E-state index contributed by atoms with van der Waals surface area (Å²) < 4.78 is 12.6. The molecule has 0 aliphatic carbocycles. The van der Waals surface area contributed by atoms with Crippen molar-refractivity contribution in [1.29, 1.82) is 0 Å². The van der Waals surface area contributed by atoms with Crippen molar-refractivity contribution in [1.82, 2.24) is 5.32 Å². The molecule has 1 rings (SSSR count). The van der Waals surface area contributed by atoms with E-state index in [4.69, 9.17) is 5.11 Å². The molecule has 4 heteroatoms. The van der Waals surface area contributed by atoms with E-state index in [1.165, 1.54) is 12.1 Å². The summed E-state index contributed by atoms with van der Waals surface area (Å²) in [4.78, 5) is 10.9. The van der Waals surface area contributed by atoms with Gasteiger partial charge in [0.05, 0.1) is 0 Å². The summed E-state index contributed by atoms with van der Waals surface area (Å²) in [7, 11) is 0. The molecule has 0 unspecified atom stereocenters. The second-order valence-electron chi connectivity index (χ2n) is 4.07. The first kappa shape index (κ1) is 12.6. The molecule has 88 valence electrons. The number of aliphatic carboxylic acids is 1. The highest BCUT2D eigenvalue weighted by molar-refractivity contribution is 5.73. The maximum Gasteiger partial charge on any atom is 0.320 e. The minimum atomic E-state index is -0.864. The smallest absolute Gasteiger partial charge is 0.320 e. The Hall–Kier alpha value is -1.42. The molecule has 0 fully saturated rings. The normalized spacial score (nSPS) is 12.8. The molecular formula is C12H16FNO2. The second-order valence-corrected chi connectivity index (χ2v) is 4.07. The molecule has 16 heavy (non-hydrogen) atoms. The van der Waals surface area contributed by atoms with Gasteiger partial charge in [0.2, 0.25) is 0 Å². The topological polar surface area (TPSA) is 49.3 Å². The lowest BCUT2D eigenvalue weighted by molar-refractivity contribution is -0.140. The molecule has 3 nitrogen and oxygen atoms in total. The van der Waals surface area contributed by atoms with Gasteiger partial charge in [-0.2, -0.15) is 0 Å². The Morgan fingerprint density at radius 3 is 2.38 bits per heavy atom. The zero-order valence-electron chi connectivity index (χ0n) is 9.40. The summed E-state index contributed by atoms with van der Waals surface area (Å²) in [5, 5.41) is 11.9. The van der Waals surface area contributed by atoms with E-state index < -0.39 is 12.0 Å². The molecule has 0 radical (unpaired) electrons. The maximum absolute atomic E-state index is 12.6. The molecule has 0 saturated heterocycles. The standard InChI is InChI=1S/C12H16FNO2/c1-8(2)11(12(15)16)14-7-9-3-5-10(13)6-4-9/h3-6,8,11,14H,7H2,1-2H3,(H,15,16)/t11-/m1/s1. The van der Waals surface area contributed by atoms with Crippen LogP contribution in [0, 0.1) is 11.7 Å². The fourth-order valence-corrected chi connectivity index (χ4v) is 1.44. The highest BCUT2D eigenvalue weighted by Crippen LogP contribution is 2.06. The van der Waals surface area contributed by atoms with Crippen molar-refractivity contribution in [3.63, 3.8) is 0 Å². The molecule has 0 spiro atoms. The van der Waals surface area contributed by atoms with Crippen LogP contribution in [0.5, 0.6) is 0 Å². The van der Waals surface area contributed by atoms with Gasteiger partial charge in [-0.15, -0.1) is 0 Å². The zero-order chi connectivity index (χ0) is 12.1. The third-order valence-electron chi connectivity index (χ3n) is 2.37. The van der Waals surface area contributed by atoms with Crippen LogP contribution in [0.2, 0.25) is 0 Å². The molecule has 0 amide bonds. The number of carboxylic acids is 1. The summed E-state index contributed by atoms with van der Waals surface area (Å²) in [6, 6.07) is 5.43. The fourth-order valence-electron chi connectivity index (χ4n) is 1.44. The van der Waals surface area contributed by atoms with Gasteiger partial charge in [0.1, 0.15) is 11.9 Å². The van der Waals surface area contributed by atoms with Crippen LogP contribution in [0.3, 0.4) is 0 Å². The average molecular weight is 225 g/mol. The van der Waals surface area contributed by atoms with E-state index in [2.05, 4.69) is 5.32 Å². The largest absolute Gasteiger partial charge is 0.480 e. The maximum atomic E-state index is 12.6. The number of nitrogens with one attached hydrogen (secondary N) is 1. The lowest BCUT2D eigenvalue weighted by Crippen LogP contribution is -2.40. The van der Waals surface area contributed by atoms with Crippen LogP contribution in [0.4, 0.5) is 4.39 Å². The predicted octanol–water partition coefficient (Wildman–Crippen LogP) is 2.02. The summed E-state index contributed by atoms with van der Waals surface area (Å²) in [5.41, 5.74) is 0.869. The third kappa shape index (κ3) is 3.62. The van der Waals surface area contributed by atoms with Gasteiger partial charge in [-0.1, -0.05) is 26.0 Å². The van der Waals surface area contributed by atoms with Crippen LogP contribution in [-0.4, -0.2) is 17.1 Å². The minimum Gasteiger partial charge on any atom is -0.480 e. The van der Waals surface area contributed by atoms with Crippen molar-refractivity contribution >= 4 is 5.97 Å². The summed E-state index contributed by atoms with van der Waals surface area (Å²) in [5.74, 6) is -1.14. The van der Waals surface area contributed by atoms with Crippen molar-refractivity contribution in [2.24, 2.45) is 5.92 Å². The summed E-state index contributed by atoms with van der Waals surface area (Å²) in [6.45, 7) is 4.11. The lowest BCUT2D eigenvalue weighted by atomic mass is 10.0. The quantitative estimate of drug-likeness (QED) is 0.806. The van der Waals surface area contributed by atoms with E-state index >= 15 is 0 Å². The van der Waals surface area contributed by atoms with E-state index in [0.717, 1.165) is 5.56 Å². The Kier molecular flexibility index (Phi) is 4.43. The molecule has 1 atom stereocenters. The fraction of sp³-hybridized carbons (Fsp3) is 0.417. The molecule has 0 aliphatic heterocycles. The van der Waals surface area contributed by atoms with Crippen molar-refractivity contribution in [3.05, 3.63) is 35.6 Å². The molecule has 2 N–H and O–H groups in total. The number of halogens is 1. The second kappa shape index (κ2) is 5.61. The van der Waals surface area contributed by atoms with Gasteiger partial charge in [0.15, 0.2) is 0 Å². The first-order valence-electron chi connectivity index (χ1n) is 5.21. The van der Waals surface area contributed by atoms with Crippen LogP contribution in [0.1, 0.15) is 19.4 Å². The highest BCUT2D eigenvalue weighted by Gasteiger charge is 2.20. The molecule has 0 aromatic heterocycles. The Labute approximate surface area is 94.3 Å². The number of carbonyl (C=O) groups is 1. The van der Waals surface area contributed by atoms with E-state index in [-0.39, 0.29) is 11.7 Å². The number of hydrogen-bond donors (Lipinski definition) is 2. The first-order chi connectivity index (χ1) is 7.50. The van der Waals surface area contributed by atoms with Crippen LogP contribution in [0.15, 0.2) is 24.3 Å². The van der Waals surface area contributed by atoms with Crippen molar-refractivity contribution < 1.29 is 14.3 Å². The van der Waals surface area contributed by atoms with Crippen LogP contribution >= 0.6 is 0 Å². The van der Waals surface area contributed by atoms with Crippen LogP contribution < -0.4 is 5.32 Å². The number of hydrogen-bond acceptors (Lipinski definition) is 2. The van der Waals surface area contributed by atoms with Crippen molar-refractivity contribution in [2.75, 3.05) is 0 Å². The molecular weight excluding hydrogens is 209 g/mol. The lowest BCUT2D eigenvalue weighted by Gasteiger charge is -2.17. The third-order valence-corrected chi connectivity index (χ3v) is 2.37. The number of carboxylic acid groups (broad SMARTS) is 1. The number of rotatable bonds is 5. The first-order valence-corrected chi connectivity index (χ1v) is 5.21. The van der Waals surface area contributed by atoms with Gasteiger partial charge >= 0.3 is 5.97 Å². The molecule has 0 aliphatic rings. The van der Waals surface area contributed by atoms with Crippen LogP contribution in [0.25, 0.3) is 0 Å². The van der Waals surface area contributed by atoms with Gasteiger partial charge in [0, 0.05) is 6.54 Å². The van der Waals surface area contributed by atoms with Crippen molar-refractivity contribution in [3.8, 4) is 0 Å². The Balaban J connectivity index is 2.55. The summed E-state index contributed by atoms with van der Waals surface area (Å²) in [6.07, 6.45) is 0. The molecule has 1 aromatic carbocycles. The van der Waals surface area contributed by atoms with E-state index in [1.54, 1.807) is 12.1 Å². The highest BCUT2D eigenvalue weighted by atomic mass is 19.1. The molecule has 1 aromatic rings.